The van der Waals surface area contributed by atoms with Crippen molar-refractivity contribution in [3.8, 4) is 0 Å². The molecule has 1 unspecified atom stereocenters. The van der Waals surface area contributed by atoms with Gasteiger partial charge < -0.3 is 14.8 Å². The molecule has 0 bridgehead atoms. The maximum Gasteiger partial charge on any atom is 0.168 e. The van der Waals surface area contributed by atoms with Crippen molar-refractivity contribution in [1.29, 1.82) is 0 Å². The van der Waals surface area contributed by atoms with Gasteiger partial charge in [0.25, 0.3) is 0 Å². The predicted molar refractivity (Wildman–Crippen MR) is 218 cm³/mol. The number of rotatable bonds is 33. The molecule has 0 saturated carbocycles. The zero-order chi connectivity index (χ0) is 35.2. The summed E-state index contributed by atoms with van der Waals surface area (Å²) in [6.45, 7) is 6.22. The fourth-order valence-electron chi connectivity index (χ4n) is 5.89. The highest BCUT2D eigenvalue weighted by Gasteiger charge is 2.40. The second-order valence-electron chi connectivity index (χ2n) is 13.5. The van der Waals surface area contributed by atoms with E-state index in [0.717, 1.165) is 96.6 Å². The van der Waals surface area contributed by atoms with Crippen molar-refractivity contribution in [1.82, 2.24) is 5.32 Å². The van der Waals surface area contributed by atoms with Crippen LogP contribution in [0.2, 0.25) is 0 Å². The van der Waals surface area contributed by atoms with Crippen molar-refractivity contribution in [3.05, 3.63) is 97.2 Å². The first-order chi connectivity index (χ1) is 24.3. The van der Waals surface area contributed by atoms with E-state index in [-0.39, 0.29) is 11.9 Å². The fourth-order valence-corrected chi connectivity index (χ4v) is 5.89. The van der Waals surface area contributed by atoms with Gasteiger partial charge in [-0.1, -0.05) is 137 Å². The number of allylic oxidation sites excluding steroid dienone is 16. The quantitative estimate of drug-likeness (QED) is 0.0555. The van der Waals surface area contributed by atoms with Gasteiger partial charge >= 0.3 is 0 Å². The van der Waals surface area contributed by atoms with E-state index in [1.54, 1.807) is 0 Å². The molecule has 3 heteroatoms. The molecule has 49 heavy (non-hydrogen) atoms. The molecule has 1 atom stereocenters. The van der Waals surface area contributed by atoms with Crippen molar-refractivity contribution in [2.45, 2.75) is 173 Å². The van der Waals surface area contributed by atoms with Crippen molar-refractivity contribution < 1.29 is 9.47 Å². The van der Waals surface area contributed by atoms with E-state index >= 15 is 0 Å². The summed E-state index contributed by atoms with van der Waals surface area (Å²) in [6.07, 6.45) is 63.5. The lowest BCUT2D eigenvalue weighted by atomic mass is 10.00. The lowest BCUT2D eigenvalue weighted by molar-refractivity contribution is -0.179. The molecular formula is C46H77NO2. The summed E-state index contributed by atoms with van der Waals surface area (Å²) in [4.78, 5) is 0. The molecular weight excluding hydrogens is 599 g/mol. The molecule has 3 nitrogen and oxygen atoms in total. The summed E-state index contributed by atoms with van der Waals surface area (Å²) >= 11 is 0. The Labute approximate surface area is 304 Å². The Bertz CT molecular complexity index is 886. The predicted octanol–water partition coefficient (Wildman–Crippen LogP) is 13.8. The van der Waals surface area contributed by atoms with E-state index in [4.69, 9.17) is 9.47 Å². The zero-order valence-corrected chi connectivity index (χ0v) is 32.3. The first-order valence-corrected chi connectivity index (χ1v) is 20.4. The second kappa shape index (κ2) is 35.6. The lowest BCUT2D eigenvalue weighted by Crippen LogP contribution is -2.31. The van der Waals surface area contributed by atoms with Gasteiger partial charge in [-0.25, -0.2) is 0 Å². The Morgan fingerprint density at radius 2 is 0.837 bits per heavy atom. The van der Waals surface area contributed by atoms with Crippen LogP contribution in [0.4, 0.5) is 0 Å². The van der Waals surface area contributed by atoms with Crippen LogP contribution in [0.25, 0.3) is 0 Å². The summed E-state index contributed by atoms with van der Waals surface area (Å²) in [6, 6.07) is 0. The zero-order valence-electron chi connectivity index (χ0n) is 32.3. The molecule has 1 heterocycles. The molecule has 1 fully saturated rings. The van der Waals surface area contributed by atoms with Crippen LogP contribution in [0.15, 0.2) is 97.2 Å². The Hall–Kier alpha value is -2.20. The van der Waals surface area contributed by atoms with E-state index < -0.39 is 0 Å². The molecule has 0 aromatic rings. The number of hydrogen-bond acceptors (Lipinski definition) is 3. The van der Waals surface area contributed by atoms with Crippen LogP contribution in [0, 0.1) is 0 Å². The van der Waals surface area contributed by atoms with Crippen LogP contribution in [-0.2, 0) is 9.47 Å². The Morgan fingerprint density at radius 1 is 0.490 bits per heavy atom. The van der Waals surface area contributed by atoms with Gasteiger partial charge in [-0.05, 0) is 123 Å². The van der Waals surface area contributed by atoms with Gasteiger partial charge in [0, 0.05) is 12.8 Å². The third-order valence-corrected chi connectivity index (χ3v) is 8.90. The largest absolute Gasteiger partial charge is 0.347 e. The van der Waals surface area contributed by atoms with E-state index in [2.05, 4.69) is 116 Å². The minimum Gasteiger partial charge on any atom is -0.347 e. The molecule has 1 N–H and O–H groups in total. The Balaban J connectivity index is 2.21. The fraction of sp³-hybridized carbons (Fsp3) is 0.652. The van der Waals surface area contributed by atoms with Crippen LogP contribution in [-0.4, -0.2) is 32.1 Å². The highest BCUT2D eigenvalue weighted by atomic mass is 16.7. The maximum atomic E-state index is 6.58. The molecule has 0 spiro atoms. The highest BCUT2D eigenvalue weighted by molar-refractivity contribution is 5.00. The normalized spacial score (nSPS) is 17.2. The van der Waals surface area contributed by atoms with Gasteiger partial charge in [0.05, 0.1) is 12.7 Å². The van der Waals surface area contributed by atoms with Crippen molar-refractivity contribution in [2.24, 2.45) is 0 Å². The van der Waals surface area contributed by atoms with Crippen LogP contribution >= 0.6 is 0 Å². The smallest absolute Gasteiger partial charge is 0.168 e. The average Bonchev–Trinajstić information content (AvgIpc) is 3.52. The summed E-state index contributed by atoms with van der Waals surface area (Å²) in [7, 11) is 2.01. The average molecular weight is 676 g/mol. The summed E-state index contributed by atoms with van der Waals surface area (Å²) < 4.78 is 13.0. The van der Waals surface area contributed by atoms with Crippen LogP contribution in [0.3, 0.4) is 0 Å². The van der Waals surface area contributed by atoms with E-state index in [0.29, 0.717) is 0 Å². The first kappa shape index (κ1) is 44.8. The molecule has 0 radical (unpaired) electrons. The molecule has 0 aromatic heterocycles. The monoisotopic (exact) mass is 676 g/mol. The first-order valence-electron chi connectivity index (χ1n) is 20.4. The second-order valence-corrected chi connectivity index (χ2v) is 13.5. The van der Waals surface area contributed by atoms with Gasteiger partial charge in [-0.3, -0.25) is 0 Å². The van der Waals surface area contributed by atoms with Gasteiger partial charge in [0.15, 0.2) is 5.79 Å². The molecule has 0 aromatic carbocycles. The van der Waals surface area contributed by atoms with Gasteiger partial charge in [-0.15, -0.1) is 0 Å². The molecule has 1 aliphatic rings. The van der Waals surface area contributed by atoms with Gasteiger partial charge in [0.1, 0.15) is 0 Å². The summed E-state index contributed by atoms with van der Waals surface area (Å²) in [5, 5.41) is 3.26. The van der Waals surface area contributed by atoms with E-state index in [1.165, 1.54) is 64.2 Å². The number of hydrogen-bond donors (Lipinski definition) is 1. The lowest BCUT2D eigenvalue weighted by Gasteiger charge is -2.28. The highest BCUT2D eigenvalue weighted by Crippen LogP contribution is 2.35. The van der Waals surface area contributed by atoms with E-state index in [1.807, 2.05) is 7.05 Å². The molecule has 1 rings (SSSR count). The molecule has 278 valence electrons. The van der Waals surface area contributed by atoms with Crippen LogP contribution in [0.5, 0.6) is 0 Å². The van der Waals surface area contributed by atoms with Crippen LogP contribution in [0.1, 0.15) is 162 Å². The van der Waals surface area contributed by atoms with Gasteiger partial charge in [-0.2, -0.15) is 0 Å². The maximum absolute atomic E-state index is 6.58. The molecule has 0 aliphatic carbocycles. The SMILES string of the molecule is CCCCC/C=C\C/C=C\C/C=C\C/C=C\CCCCC1(CCCC/C=C\C/C=C\C/C=C\C/C=C\CCCCC)OCC(CCNC)O1. The summed E-state index contributed by atoms with van der Waals surface area (Å²) in [5.41, 5.74) is 0. The molecule has 1 aliphatic heterocycles. The van der Waals surface area contributed by atoms with Crippen LogP contribution < -0.4 is 5.32 Å². The third-order valence-electron chi connectivity index (χ3n) is 8.90. The molecule has 0 amide bonds. The van der Waals surface area contributed by atoms with E-state index in [9.17, 15) is 0 Å². The molecule has 1 saturated heterocycles. The van der Waals surface area contributed by atoms with Crippen molar-refractivity contribution in [3.63, 3.8) is 0 Å². The third kappa shape index (κ3) is 29.3. The minimum absolute atomic E-state index is 0.217. The Kier molecular flexibility index (Phi) is 32.6. The number of ether oxygens (including phenoxy) is 2. The number of unbranched alkanes of at least 4 members (excludes halogenated alkanes) is 10. The minimum atomic E-state index is -0.381. The van der Waals surface area contributed by atoms with Crippen molar-refractivity contribution in [2.75, 3.05) is 20.2 Å². The van der Waals surface area contributed by atoms with Crippen molar-refractivity contribution >= 4 is 0 Å². The Morgan fingerprint density at radius 3 is 1.18 bits per heavy atom. The summed E-state index contributed by atoms with van der Waals surface area (Å²) in [5.74, 6) is -0.381. The standard InChI is InChI=1S/C46H77NO2/c1-4-6-8-10-12-14-16-18-20-22-24-26-28-30-32-34-36-38-41-46(48-44-45(49-46)40-43-47-3)42-39-37-35-33-31-29-27-25-23-21-19-17-15-13-11-9-7-5-2/h12-15,18-21,24-27,30-33,45,47H,4-11,16-17,22-23,28-29,34-44H2,1-3H3/b14-12-,15-13-,20-18-,21-19-,26-24-,27-25-,32-30-,33-31-. The number of nitrogens with one attached hydrogen (secondary N) is 1. The topological polar surface area (TPSA) is 30.5 Å². The van der Waals surface area contributed by atoms with Gasteiger partial charge in [0.2, 0.25) is 0 Å².